The lowest BCUT2D eigenvalue weighted by Crippen LogP contribution is -2.23. The number of aromatic nitrogens is 1. The predicted molar refractivity (Wildman–Crippen MR) is 149 cm³/mol. The van der Waals surface area contributed by atoms with Gasteiger partial charge in [0, 0.05) is 29.3 Å². The number of alkyl halides is 6. The Kier molecular flexibility index (Phi) is 8.52. The van der Waals surface area contributed by atoms with Crippen LogP contribution in [-0.2, 0) is 20.9 Å². The first kappa shape index (κ1) is 31.5. The summed E-state index contributed by atoms with van der Waals surface area (Å²) < 4.78 is 130. The van der Waals surface area contributed by atoms with Gasteiger partial charge in [-0.3, -0.25) is 9.46 Å². The normalized spacial score (nSPS) is 17.5. The van der Waals surface area contributed by atoms with Gasteiger partial charge in [0.1, 0.15) is 17.7 Å². The molecule has 4 aromatic rings. The van der Waals surface area contributed by atoms with E-state index < -0.39 is 46.2 Å². The summed E-state index contributed by atoms with van der Waals surface area (Å²) in [6.07, 6.45) is -11.0. The molecule has 5 rings (SSSR count). The van der Waals surface area contributed by atoms with Crippen LogP contribution in [0.15, 0.2) is 71.6 Å². The molecule has 1 fully saturated rings. The van der Waals surface area contributed by atoms with Crippen molar-refractivity contribution in [1.29, 1.82) is 0 Å². The lowest BCUT2D eigenvalue weighted by Gasteiger charge is -2.16. The zero-order valence-electron chi connectivity index (χ0n) is 22.2. The largest absolute Gasteiger partial charge is 0.522 e. The van der Waals surface area contributed by atoms with Crippen molar-refractivity contribution in [2.45, 2.75) is 48.9 Å². The number of nitrogens with one attached hydrogen (secondary N) is 1. The van der Waals surface area contributed by atoms with Gasteiger partial charge in [-0.25, -0.2) is 17.8 Å². The average molecular weight is 662 g/mol. The lowest BCUT2D eigenvalue weighted by molar-refractivity contribution is -0.341. The van der Waals surface area contributed by atoms with Gasteiger partial charge in [-0.1, -0.05) is 29.5 Å². The summed E-state index contributed by atoms with van der Waals surface area (Å²) >= 11 is 0.788. The van der Waals surface area contributed by atoms with E-state index in [4.69, 9.17) is 10.5 Å². The summed E-state index contributed by atoms with van der Waals surface area (Å²) in [6.45, 7) is 0. The van der Waals surface area contributed by atoms with Crippen molar-refractivity contribution in [2.24, 2.45) is 0 Å². The fourth-order valence-corrected chi connectivity index (χ4v) is 6.95. The molecule has 0 bridgehead atoms. The summed E-state index contributed by atoms with van der Waals surface area (Å²) in [4.78, 5) is 4.33. The number of thiazole rings is 1. The number of halogens is 7. The zero-order valence-corrected chi connectivity index (χ0v) is 23.9. The van der Waals surface area contributed by atoms with E-state index in [1.54, 1.807) is 0 Å². The minimum absolute atomic E-state index is 0.0219. The zero-order chi connectivity index (χ0) is 31.9. The van der Waals surface area contributed by atoms with Gasteiger partial charge in [0.2, 0.25) is 0 Å². The molecule has 234 valence electrons. The third-order valence-corrected chi connectivity index (χ3v) is 9.06. The van der Waals surface area contributed by atoms with Crippen LogP contribution < -0.4 is 15.2 Å². The number of nitrogens with zero attached hydrogens (tertiary/aromatic N) is 1. The number of anilines is 2. The van der Waals surface area contributed by atoms with E-state index in [-0.39, 0.29) is 62.4 Å². The van der Waals surface area contributed by atoms with Crippen LogP contribution in [0.2, 0.25) is 0 Å². The Bertz CT molecular complexity index is 1760. The minimum atomic E-state index is -4.81. The van der Waals surface area contributed by atoms with Crippen molar-refractivity contribution >= 4 is 32.2 Å². The smallest absolute Gasteiger partial charge is 0.490 e. The van der Waals surface area contributed by atoms with E-state index in [9.17, 15) is 39.2 Å². The number of nitrogen functional groups attached to an aromatic ring is 1. The van der Waals surface area contributed by atoms with Gasteiger partial charge in [-0.05, 0) is 55.3 Å². The van der Waals surface area contributed by atoms with Crippen molar-refractivity contribution in [2.75, 3.05) is 10.5 Å². The molecule has 3 N–H and O–H groups in total. The maximum atomic E-state index is 14.8. The van der Waals surface area contributed by atoms with Crippen molar-refractivity contribution in [3.8, 4) is 27.4 Å². The Morgan fingerprint density at radius 2 is 1.61 bits per heavy atom. The molecule has 1 aliphatic carbocycles. The summed E-state index contributed by atoms with van der Waals surface area (Å²) in [7, 11) is -4.20. The first-order chi connectivity index (χ1) is 20.6. The van der Waals surface area contributed by atoms with E-state index >= 15 is 0 Å². The maximum Gasteiger partial charge on any atom is 0.522 e. The molecule has 7 nitrogen and oxygen atoms in total. The van der Waals surface area contributed by atoms with Gasteiger partial charge >= 0.3 is 12.5 Å². The molecule has 0 spiro atoms. The SMILES string of the molecule is Nc1cccc(S(=O)(=O)Nc2nc(-c3ccc(C(F)(F)F)cc3)c(-c3cc(F)cc(O[C@@H]4CCC(OC(F)(F)F)C4)c3)s2)c1. The molecular weight excluding hydrogens is 639 g/mol. The van der Waals surface area contributed by atoms with Crippen LogP contribution in [0.5, 0.6) is 5.75 Å². The van der Waals surface area contributed by atoms with E-state index in [0.717, 1.165) is 47.7 Å². The minimum Gasteiger partial charge on any atom is -0.490 e. The number of rotatable bonds is 8. The van der Waals surface area contributed by atoms with Crippen LogP contribution in [0.4, 0.5) is 41.6 Å². The average Bonchev–Trinajstić information content (AvgIpc) is 3.53. The standard InChI is InChI=1S/C28H22F7N3O4S2/c29-18-10-16(11-22(12-18)41-20-8-9-21(14-20)42-28(33,34)35)25-24(15-4-6-17(7-5-15)27(30,31)32)37-26(43-25)38-44(39,40)23-3-1-2-19(36)13-23/h1-7,10-13,20-21H,8-9,14,36H2,(H,37,38)/t20-,21?/m1/s1. The quantitative estimate of drug-likeness (QED) is 0.147. The highest BCUT2D eigenvalue weighted by Gasteiger charge is 2.38. The summed E-state index contributed by atoms with van der Waals surface area (Å²) in [5.41, 5.74) is 5.33. The molecule has 1 saturated carbocycles. The van der Waals surface area contributed by atoms with Crippen molar-refractivity contribution in [3.05, 3.63) is 78.1 Å². The number of ether oxygens (including phenoxy) is 2. The van der Waals surface area contributed by atoms with Crippen LogP contribution in [0, 0.1) is 5.82 Å². The third-order valence-electron chi connectivity index (χ3n) is 6.58. The number of sulfonamides is 1. The van der Waals surface area contributed by atoms with Crippen LogP contribution in [-0.4, -0.2) is 32.0 Å². The highest BCUT2D eigenvalue weighted by Crippen LogP contribution is 2.42. The molecule has 1 unspecified atom stereocenters. The fourth-order valence-electron chi connectivity index (χ4n) is 4.69. The summed E-state index contributed by atoms with van der Waals surface area (Å²) in [5, 5.41) is -0.174. The first-order valence-corrected chi connectivity index (χ1v) is 15.1. The monoisotopic (exact) mass is 661 g/mol. The molecular formula is C28H22F7N3O4S2. The molecule has 1 aromatic heterocycles. The first-order valence-electron chi connectivity index (χ1n) is 12.8. The van der Waals surface area contributed by atoms with Gasteiger partial charge in [0.05, 0.1) is 27.1 Å². The molecule has 3 aromatic carbocycles. The Morgan fingerprint density at radius 1 is 0.909 bits per heavy atom. The molecule has 0 saturated heterocycles. The Balaban J connectivity index is 1.50. The molecule has 0 amide bonds. The summed E-state index contributed by atoms with van der Waals surface area (Å²) in [6, 6.07) is 12.9. The second-order valence-corrected chi connectivity index (χ2v) is 12.5. The fraction of sp³-hybridized carbons (Fsp3) is 0.250. The van der Waals surface area contributed by atoms with Crippen LogP contribution in [0.1, 0.15) is 24.8 Å². The maximum absolute atomic E-state index is 14.8. The van der Waals surface area contributed by atoms with Crippen molar-refractivity contribution in [1.82, 2.24) is 4.98 Å². The van der Waals surface area contributed by atoms with Crippen molar-refractivity contribution < 1.29 is 48.6 Å². The van der Waals surface area contributed by atoms with E-state index in [1.807, 2.05) is 0 Å². The molecule has 1 aliphatic rings. The Morgan fingerprint density at radius 3 is 2.27 bits per heavy atom. The van der Waals surface area contributed by atoms with E-state index in [0.29, 0.717) is 0 Å². The molecule has 0 radical (unpaired) electrons. The molecule has 44 heavy (non-hydrogen) atoms. The second kappa shape index (κ2) is 11.9. The lowest BCUT2D eigenvalue weighted by atomic mass is 10.0. The van der Waals surface area contributed by atoms with E-state index in [1.165, 1.54) is 30.3 Å². The Labute approximate surface area is 250 Å². The van der Waals surface area contributed by atoms with Gasteiger partial charge < -0.3 is 10.5 Å². The molecule has 16 heteroatoms. The number of nitrogens with two attached hydrogens (primary N) is 1. The molecule has 0 aliphatic heterocycles. The number of benzene rings is 3. The summed E-state index contributed by atoms with van der Waals surface area (Å²) in [5.74, 6) is -0.807. The second-order valence-electron chi connectivity index (χ2n) is 9.86. The molecule has 2 atom stereocenters. The number of hydrogen-bond acceptors (Lipinski definition) is 7. The number of hydrogen-bond donors (Lipinski definition) is 2. The van der Waals surface area contributed by atoms with E-state index in [2.05, 4.69) is 14.4 Å². The van der Waals surface area contributed by atoms with Crippen LogP contribution in [0.3, 0.4) is 0 Å². The highest BCUT2D eigenvalue weighted by molar-refractivity contribution is 7.93. The van der Waals surface area contributed by atoms with Gasteiger partial charge in [-0.15, -0.1) is 13.2 Å². The Hall–Kier alpha value is -3.89. The van der Waals surface area contributed by atoms with Crippen LogP contribution >= 0.6 is 11.3 Å². The van der Waals surface area contributed by atoms with Crippen LogP contribution in [0.25, 0.3) is 21.7 Å². The van der Waals surface area contributed by atoms with Gasteiger partial charge in [-0.2, -0.15) is 13.2 Å². The van der Waals surface area contributed by atoms with Gasteiger partial charge in [0.15, 0.2) is 5.13 Å². The van der Waals surface area contributed by atoms with Gasteiger partial charge in [0.25, 0.3) is 10.0 Å². The van der Waals surface area contributed by atoms with Crippen molar-refractivity contribution in [3.63, 3.8) is 0 Å². The third kappa shape index (κ3) is 7.60. The topological polar surface area (TPSA) is 104 Å². The molecule has 1 heterocycles. The highest BCUT2D eigenvalue weighted by atomic mass is 32.2. The predicted octanol–water partition coefficient (Wildman–Crippen LogP) is 7.85.